The van der Waals surface area contributed by atoms with Gasteiger partial charge in [-0.05, 0) is 49.4 Å². The van der Waals surface area contributed by atoms with E-state index in [2.05, 4.69) is 77.6 Å². The lowest BCUT2D eigenvalue weighted by molar-refractivity contribution is 0.464. The summed E-state index contributed by atoms with van der Waals surface area (Å²) in [6.07, 6.45) is 2.39. The molecular formula is C18H20BrN. The average molecular weight is 330 g/mol. The van der Waals surface area contributed by atoms with E-state index in [1.165, 1.54) is 39.6 Å². The number of hydrogen-bond acceptors (Lipinski definition) is 1. The summed E-state index contributed by atoms with van der Waals surface area (Å²) < 4.78 is 1.18. The molecule has 0 spiro atoms. The lowest BCUT2D eigenvalue weighted by atomic mass is 10.0. The van der Waals surface area contributed by atoms with Gasteiger partial charge in [0.1, 0.15) is 0 Å². The third kappa shape index (κ3) is 2.68. The second kappa shape index (κ2) is 5.71. The van der Waals surface area contributed by atoms with Crippen LogP contribution in [0.3, 0.4) is 0 Å². The second-order valence-corrected chi connectivity index (χ2v) is 6.56. The third-order valence-electron chi connectivity index (χ3n) is 4.20. The van der Waals surface area contributed by atoms with Crippen molar-refractivity contribution in [3.63, 3.8) is 0 Å². The van der Waals surface area contributed by atoms with Crippen LogP contribution in [0.2, 0.25) is 0 Å². The van der Waals surface area contributed by atoms with Crippen molar-refractivity contribution in [1.82, 2.24) is 5.32 Å². The van der Waals surface area contributed by atoms with Crippen LogP contribution in [0.25, 0.3) is 0 Å². The molecule has 1 N–H and O–H groups in total. The largest absolute Gasteiger partial charge is 0.303 e. The zero-order chi connectivity index (χ0) is 14.1. The Bertz CT molecular complexity index is 621. The van der Waals surface area contributed by atoms with Crippen LogP contribution in [0.4, 0.5) is 0 Å². The molecule has 0 bridgehead atoms. The molecule has 0 saturated carbocycles. The number of fused-ring (bicyclic) bond motifs is 1. The van der Waals surface area contributed by atoms with E-state index < -0.39 is 0 Å². The lowest BCUT2D eigenvalue weighted by Crippen LogP contribution is -2.23. The number of aryl methyl sites for hydroxylation is 2. The predicted molar refractivity (Wildman–Crippen MR) is 87.9 cm³/mol. The quantitative estimate of drug-likeness (QED) is 0.826. The first-order valence-corrected chi connectivity index (χ1v) is 8.04. The fraction of sp³-hybridized carbons (Fsp3) is 0.333. The van der Waals surface area contributed by atoms with E-state index >= 15 is 0 Å². The van der Waals surface area contributed by atoms with E-state index in [-0.39, 0.29) is 0 Å². The van der Waals surface area contributed by atoms with Crippen LogP contribution < -0.4 is 5.32 Å². The van der Waals surface area contributed by atoms with Crippen molar-refractivity contribution < 1.29 is 0 Å². The van der Waals surface area contributed by atoms with Crippen molar-refractivity contribution in [2.75, 3.05) is 0 Å². The van der Waals surface area contributed by atoms with Gasteiger partial charge in [0.25, 0.3) is 0 Å². The molecule has 1 unspecified atom stereocenters. The van der Waals surface area contributed by atoms with Crippen LogP contribution in [0.5, 0.6) is 0 Å². The van der Waals surface area contributed by atoms with Gasteiger partial charge in [0.2, 0.25) is 0 Å². The van der Waals surface area contributed by atoms with Crippen molar-refractivity contribution in [3.05, 3.63) is 69.2 Å². The van der Waals surface area contributed by atoms with Crippen molar-refractivity contribution >= 4 is 15.9 Å². The highest BCUT2D eigenvalue weighted by atomic mass is 79.9. The summed E-state index contributed by atoms with van der Waals surface area (Å²) in [5.41, 5.74) is 5.68. The third-order valence-corrected chi connectivity index (χ3v) is 4.92. The van der Waals surface area contributed by atoms with Crippen LogP contribution in [-0.2, 0) is 6.42 Å². The molecule has 0 fully saturated rings. The molecule has 1 aliphatic carbocycles. The molecule has 3 rings (SSSR count). The van der Waals surface area contributed by atoms with E-state index in [1.807, 2.05) is 0 Å². The summed E-state index contributed by atoms with van der Waals surface area (Å²) in [7, 11) is 0. The van der Waals surface area contributed by atoms with E-state index in [1.54, 1.807) is 0 Å². The van der Waals surface area contributed by atoms with Gasteiger partial charge in [-0.25, -0.2) is 0 Å². The Balaban J connectivity index is 1.80. The molecule has 0 saturated heterocycles. The minimum atomic E-state index is 0.349. The molecule has 2 aromatic carbocycles. The van der Waals surface area contributed by atoms with Crippen LogP contribution in [0.15, 0.2) is 46.9 Å². The molecule has 1 aliphatic rings. The maximum Gasteiger partial charge on any atom is 0.0331 e. The van der Waals surface area contributed by atoms with E-state index in [4.69, 9.17) is 0 Å². The molecule has 2 aromatic rings. The SMILES string of the molecule is Cc1ccc2c(c1)C(N[C@H](C)c1ccccc1Br)CC2. The van der Waals surface area contributed by atoms with Crippen molar-refractivity contribution in [1.29, 1.82) is 0 Å². The van der Waals surface area contributed by atoms with E-state index in [0.717, 1.165) is 0 Å². The van der Waals surface area contributed by atoms with Crippen LogP contribution in [-0.4, -0.2) is 0 Å². The molecule has 0 amide bonds. The standard InChI is InChI=1S/C18H20BrN/c1-12-7-8-14-9-10-18(16(14)11-12)20-13(2)15-5-3-4-6-17(15)19/h3-8,11,13,18,20H,9-10H2,1-2H3/t13-,18?/m1/s1. The molecule has 20 heavy (non-hydrogen) atoms. The van der Waals surface area contributed by atoms with Crippen molar-refractivity contribution in [2.24, 2.45) is 0 Å². The molecule has 2 heteroatoms. The first kappa shape index (κ1) is 13.8. The van der Waals surface area contributed by atoms with Gasteiger partial charge >= 0.3 is 0 Å². The summed E-state index contributed by atoms with van der Waals surface area (Å²) >= 11 is 3.65. The summed E-state index contributed by atoms with van der Waals surface area (Å²) in [6, 6.07) is 16.1. The topological polar surface area (TPSA) is 12.0 Å². The van der Waals surface area contributed by atoms with Crippen LogP contribution >= 0.6 is 15.9 Å². The fourth-order valence-corrected chi connectivity index (χ4v) is 3.74. The van der Waals surface area contributed by atoms with Gasteiger partial charge in [-0.15, -0.1) is 0 Å². The normalized spacial score (nSPS) is 18.9. The van der Waals surface area contributed by atoms with Gasteiger partial charge in [0.05, 0.1) is 0 Å². The minimum Gasteiger partial charge on any atom is -0.303 e. The number of rotatable bonds is 3. The van der Waals surface area contributed by atoms with Crippen LogP contribution in [0.1, 0.15) is 47.7 Å². The van der Waals surface area contributed by atoms with Crippen LogP contribution in [0, 0.1) is 6.92 Å². The zero-order valence-corrected chi connectivity index (χ0v) is 13.6. The molecule has 0 aromatic heterocycles. The van der Waals surface area contributed by atoms with Crippen molar-refractivity contribution in [2.45, 2.75) is 38.8 Å². The maximum absolute atomic E-state index is 3.79. The van der Waals surface area contributed by atoms with E-state index in [9.17, 15) is 0 Å². The molecule has 104 valence electrons. The smallest absolute Gasteiger partial charge is 0.0331 e. The molecule has 0 radical (unpaired) electrons. The molecular weight excluding hydrogens is 310 g/mol. The highest BCUT2D eigenvalue weighted by Crippen LogP contribution is 2.34. The minimum absolute atomic E-state index is 0.349. The highest BCUT2D eigenvalue weighted by molar-refractivity contribution is 9.10. The number of benzene rings is 2. The number of halogens is 1. The molecule has 0 aliphatic heterocycles. The predicted octanol–water partition coefficient (Wildman–Crippen LogP) is 5.10. The molecule has 2 atom stereocenters. The Kier molecular flexibility index (Phi) is 3.95. The Morgan fingerprint density at radius 3 is 2.80 bits per heavy atom. The summed E-state index contributed by atoms with van der Waals surface area (Å²) in [5.74, 6) is 0. The lowest BCUT2D eigenvalue weighted by Gasteiger charge is -2.22. The number of hydrogen-bond donors (Lipinski definition) is 1. The second-order valence-electron chi connectivity index (χ2n) is 5.70. The first-order valence-electron chi connectivity index (χ1n) is 7.25. The van der Waals surface area contributed by atoms with Gasteiger partial charge in [0, 0.05) is 16.6 Å². The van der Waals surface area contributed by atoms with Gasteiger partial charge in [-0.1, -0.05) is 57.9 Å². The molecule has 0 heterocycles. The summed E-state index contributed by atoms with van der Waals surface area (Å²) in [4.78, 5) is 0. The molecule has 1 nitrogen and oxygen atoms in total. The van der Waals surface area contributed by atoms with Crippen molar-refractivity contribution in [3.8, 4) is 0 Å². The monoisotopic (exact) mass is 329 g/mol. The number of nitrogens with one attached hydrogen (secondary N) is 1. The first-order chi connectivity index (χ1) is 9.65. The summed E-state index contributed by atoms with van der Waals surface area (Å²) in [5, 5.41) is 3.79. The van der Waals surface area contributed by atoms with E-state index in [0.29, 0.717) is 12.1 Å². The van der Waals surface area contributed by atoms with Gasteiger partial charge in [-0.2, -0.15) is 0 Å². The average Bonchev–Trinajstić information content (AvgIpc) is 2.82. The fourth-order valence-electron chi connectivity index (χ4n) is 3.11. The Labute approximate surface area is 129 Å². The van der Waals surface area contributed by atoms with Gasteiger partial charge in [-0.3, -0.25) is 0 Å². The maximum atomic E-state index is 3.79. The zero-order valence-electron chi connectivity index (χ0n) is 12.0. The van der Waals surface area contributed by atoms with Gasteiger partial charge < -0.3 is 5.32 Å². The Morgan fingerprint density at radius 2 is 2.00 bits per heavy atom. The Hall–Kier alpha value is -1.12. The Morgan fingerprint density at radius 1 is 1.20 bits per heavy atom. The summed E-state index contributed by atoms with van der Waals surface area (Å²) in [6.45, 7) is 4.42. The van der Waals surface area contributed by atoms with Gasteiger partial charge in [0.15, 0.2) is 0 Å². The highest BCUT2D eigenvalue weighted by Gasteiger charge is 2.24.